The number of alkyl halides is 3. The number of hydrogen-bond acceptors (Lipinski definition) is 3. The van der Waals surface area contributed by atoms with Crippen molar-refractivity contribution in [2.24, 2.45) is 5.41 Å². The van der Waals surface area contributed by atoms with Crippen molar-refractivity contribution in [3.63, 3.8) is 0 Å². The highest BCUT2D eigenvalue weighted by Gasteiger charge is 2.50. The predicted octanol–water partition coefficient (Wildman–Crippen LogP) is 6.15. The van der Waals surface area contributed by atoms with Crippen LogP contribution in [0.3, 0.4) is 0 Å². The SMILES string of the molecule is CC1(C)CC(=O)C2=C(C1)Nc1ccccc1N(C(=O)C(F)(F)F)C2c1ccc(Br)cc1. The maximum atomic E-state index is 13.7. The summed E-state index contributed by atoms with van der Waals surface area (Å²) in [5, 5.41) is 3.18. The molecule has 0 saturated carbocycles. The van der Waals surface area contributed by atoms with Crippen LogP contribution in [0.15, 0.2) is 64.3 Å². The first-order valence-electron chi connectivity index (χ1n) is 9.76. The maximum Gasteiger partial charge on any atom is 0.471 e. The summed E-state index contributed by atoms with van der Waals surface area (Å²) in [6.45, 7) is 3.89. The minimum Gasteiger partial charge on any atom is -0.357 e. The van der Waals surface area contributed by atoms with Crippen LogP contribution in [0.5, 0.6) is 0 Å². The standard InChI is InChI=1S/C23H20BrF3N2O2/c1-22(2)11-16-19(18(30)12-22)20(13-7-9-14(24)10-8-13)29(21(31)23(25,26)27)17-6-4-3-5-15(17)28-16/h3-10,20,28H,11-12H2,1-2H3. The van der Waals surface area contributed by atoms with Gasteiger partial charge >= 0.3 is 12.1 Å². The number of rotatable bonds is 1. The van der Waals surface area contributed by atoms with Gasteiger partial charge < -0.3 is 5.32 Å². The van der Waals surface area contributed by atoms with E-state index in [9.17, 15) is 22.8 Å². The van der Waals surface area contributed by atoms with Crippen LogP contribution in [0.2, 0.25) is 0 Å². The molecule has 2 aliphatic rings. The summed E-state index contributed by atoms with van der Waals surface area (Å²) < 4.78 is 42.0. The molecular formula is C23H20BrF3N2O2. The summed E-state index contributed by atoms with van der Waals surface area (Å²) in [6.07, 6.45) is -4.45. The molecule has 8 heteroatoms. The topological polar surface area (TPSA) is 49.4 Å². The Kier molecular flexibility index (Phi) is 5.24. The molecular weight excluding hydrogens is 473 g/mol. The molecule has 1 N–H and O–H groups in total. The maximum absolute atomic E-state index is 13.7. The number of nitrogens with zero attached hydrogens (tertiary/aromatic N) is 1. The molecule has 1 heterocycles. The number of ketones is 1. The van der Waals surface area contributed by atoms with Crippen LogP contribution in [0, 0.1) is 5.41 Å². The fourth-order valence-electron chi connectivity index (χ4n) is 4.31. The lowest BCUT2D eigenvalue weighted by atomic mass is 9.73. The van der Waals surface area contributed by atoms with Crippen LogP contribution in [0.1, 0.15) is 38.3 Å². The molecule has 31 heavy (non-hydrogen) atoms. The molecule has 1 atom stereocenters. The van der Waals surface area contributed by atoms with Gasteiger partial charge in [-0.25, -0.2) is 0 Å². The first-order valence-corrected chi connectivity index (χ1v) is 10.6. The predicted molar refractivity (Wildman–Crippen MR) is 116 cm³/mol. The molecule has 4 rings (SSSR count). The zero-order valence-electron chi connectivity index (χ0n) is 16.9. The number of Topliss-reactive ketones (excluding diaryl/α,β-unsaturated/α-hetero) is 1. The van der Waals surface area contributed by atoms with E-state index in [0.29, 0.717) is 28.3 Å². The Balaban J connectivity index is 2.03. The van der Waals surface area contributed by atoms with Crippen molar-refractivity contribution in [2.75, 3.05) is 10.2 Å². The van der Waals surface area contributed by atoms with E-state index >= 15 is 0 Å². The number of fused-ring (bicyclic) bond motifs is 1. The molecule has 4 nitrogen and oxygen atoms in total. The highest BCUT2D eigenvalue weighted by molar-refractivity contribution is 9.10. The van der Waals surface area contributed by atoms with Gasteiger partial charge in [0.2, 0.25) is 0 Å². The number of anilines is 2. The lowest BCUT2D eigenvalue weighted by Gasteiger charge is -2.37. The van der Waals surface area contributed by atoms with Gasteiger partial charge in [0.25, 0.3) is 0 Å². The molecule has 1 aliphatic heterocycles. The molecule has 1 unspecified atom stereocenters. The number of nitrogens with one attached hydrogen (secondary N) is 1. The van der Waals surface area contributed by atoms with Gasteiger partial charge in [-0.05, 0) is 41.7 Å². The van der Waals surface area contributed by atoms with E-state index < -0.39 is 18.1 Å². The summed E-state index contributed by atoms with van der Waals surface area (Å²) in [6, 6.07) is 11.8. The number of halogens is 4. The Morgan fingerprint density at radius 1 is 1.10 bits per heavy atom. The van der Waals surface area contributed by atoms with Gasteiger partial charge in [0, 0.05) is 22.2 Å². The van der Waals surface area contributed by atoms with E-state index in [2.05, 4.69) is 21.2 Å². The Hall–Kier alpha value is -2.61. The fourth-order valence-corrected chi connectivity index (χ4v) is 4.57. The van der Waals surface area contributed by atoms with E-state index in [-0.39, 0.29) is 28.9 Å². The molecule has 2 aromatic carbocycles. The Labute approximate surface area is 186 Å². The number of amides is 1. The van der Waals surface area contributed by atoms with Gasteiger partial charge in [0.05, 0.1) is 17.4 Å². The third-order valence-electron chi connectivity index (χ3n) is 5.55. The van der Waals surface area contributed by atoms with Gasteiger partial charge in [0.15, 0.2) is 5.78 Å². The molecule has 1 amide bonds. The molecule has 0 aromatic heterocycles. The summed E-state index contributed by atoms with van der Waals surface area (Å²) in [7, 11) is 0. The lowest BCUT2D eigenvalue weighted by Crippen LogP contribution is -2.45. The number of para-hydroxylation sites is 2. The Morgan fingerprint density at radius 3 is 2.39 bits per heavy atom. The van der Waals surface area contributed by atoms with Gasteiger partial charge in [-0.1, -0.05) is 54.0 Å². The lowest BCUT2D eigenvalue weighted by molar-refractivity contribution is -0.170. The minimum absolute atomic E-state index is 0.0812. The smallest absolute Gasteiger partial charge is 0.357 e. The molecule has 2 aromatic rings. The van der Waals surface area contributed by atoms with Crippen LogP contribution in [-0.2, 0) is 9.59 Å². The molecule has 162 valence electrons. The zero-order chi connectivity index (χ0) is 22.6. The second kappa shape index (κ2) is 7.51. The molecule has 0 saturated heterocycles. The summed E-state index contributed by atoms with van der Waals surface area (Å²) in [4.78, 5) is 26.7. The molecule has 0 radical (unpaired) electrons. The normalized spacial score (nSPS) is 20.5. The number of hydrogen-bond donors (Lipinski definition) is 1. The minimum atomic E-state index is -5.11. The third-order valence-corrected chi connectivity index (χ3v) is 6.08. The Bertz CT molecular complexity index is 1090. The van der Waals surface area contributed by atoms with Crippen molar-refractivity contribution >= 4 is 39.0 Å². The van der Waals surface area contributed by atoms with E-state index in [1.807, 2.05) is 13.8 Å². The monoisotopic (exact) mass is 492 g/mol. The Morgan fingerprint density at radius 2 is 1.74 bits per heavy atom. The summed E-state index contributed by atoms with van der Waals surface area (Å²) in [5.41, 5.74) is 1.27. The molecule has 1 aliphatic carbocycles. The highest BCUT2D eigenvalue weighted by Crippen LogP contribution is 2.49. The highest BCUT2D eigenvalue weighted by atomic mass is 79.9. The number of carbonyl (C=O) groups is 2. The average molecular weight is 493 g/mol. The largest absolute Gasteiger partial charge is 0.471 e. The third kappa shape index (κ3) is 4.01. The van der Waals surface area contributed by atoms with Crippen molar-refractivity contribution in [3.05, 3.63) is 69.8 Å². The van der Waals surface area contributed by atoms with Crippen molar-refractivity contribution in [3.8, 4) is 0 Å². The number of allylic oxidation sites excluding steroid dienone is 1. The zero-order valence-corrected chi connectivity index (χ0v) is 18.5. The van der Waals surface area contributed by atoms with Crippen LogP contribution in [0.4, 0.5) is 24.5 Å². The second-order valence-electron chi connectivity index (χ2n) is 8.60. The van der Waals surface area contributed by atoms with Gasteiger partial charge in [-0.15, -0.1) is 0 Å². The summed E-state index contributed by atoms with van der Waals surface area (Å²) >= 11 is 3.33. The fraction of sp³-hybridized carbons (Fsp3) is 0.304. The van der Waals surface area contributed by atoms with Crippen LogP contribution < -0.4 is 10.2 Å². The van der Waals surface area contributed by atoms with Crippen LogP contribution in [0.25, 0.3) is 0 Å². The number of carbonyl (C=O) groups excluding carboxylic acids is 2. The molecule has 0 spiro atoms. The van der Waals surface area contributed by atoms with Crippen molar-refractivity contribution in [2.45, 2.75) is 38.9 Å². The van der Waals surface area contributed by atoms with Crippen molar-refractivity contribution in [1.29, 1.82) is 0 Å². The first-order chi connectivity index (χ1) is 14.5. The first kappa shape index (κ1) is 21.6. The van der Waals surface area contributed by atoms with Gasteiger partial charge in [-0.2, -0.15) is 13.2 Å². The molecule has 0 fully saturated rings. The second-order valence-corrected chi connectivity index (χ2v) is 9.52. The van der Waals surface area contributed by atoms with Crippen LogP contribution >= 0.6 is 15.9 Å². The van der Waals surface area contributed by atoms with Crippen LogP contribution in [-0.4, -0.2) is 17.9 Å². The van der Waals surface area contributed by atoms with E-state index in [1.54, 1.807) is 42.5 Å². The average Bonchev–Trinajstić information content (AvgIpc) is 2.80. The van der Waals surface area contributed by atoms with Gasteiger partial charge in [0.1, 0.15) is 0 Å². The van der Waals surface area contributed by atoms with Crippen molar-refractivity contribution in [1.82, 2.24) is 0 Å². The quantitative estimate of drug-likeness (QED) is 0.518. The molecule has 0 bridgehead atoms. The van der Waals surface area contributed by atoms with E-state index in [4.69, 9.17) is 0 Å². The van der Waals surface area contributed by atoms with E-state index in [1.165, 1.54) is 6.07 Å². The summed E-state index contributed by atoms with van der Waals surface area (Å²) in [5.74, 6) is -2.28. The van der Waals surface area contributed by atoms with E-state index in [0.717, 1.165) is 4.47 Å². The van der Waals surface area contributed by atoms with Gasteiger partial charge in [-0.3, -0.25) is 14.5 Å². The van der Waals surface area contributed by atoms with Crippen molar-refractivity contribution < 1.29 is 22.8 Å². The number of benzene rings is 2.